The minimum Gasteiger partial charge on any atom is -0.371 e. The van der Waals surface area contributed by atoms with Gasteiger partial charge in [-0.05, 0) is 62.9 Å². The van der Waals surface area contributed by atoms with Crippen molar-refractivity contribution in [3.05, 3.63) is 34.4 Å². The van der Waals surface area contributed by atoms with Crippen LogP contribution in [0.25, 0.3) is 0 Å². The quantitative estimate of drug-likeness (QED) is 0.734. The van der Waals surface area contributed by atoms with E-state index in [4.69, 9.17) is 4.74 Å². The molecule has 0 spiro atoms. The second-order valence-electron chi connectivity index (χ2n) is 7.17. The van der Waals surface area contributed by atoms with Crippen LogP contribution in [0.4, 0.5) is 0 Å². The maximum atomic E-state index is 12.9. The van der Waals surface area contributed by atoms with Crippen LogP contribution in [-0.4, -0.2) is 60.8 Å². The van der Waals surface area contributed by atoms with Gasteiger partial charge in [-0.25, -0.2) is 0 Å². The second kappa shape index (κ2) is 8.31. The summed E-state index contributed by atoms with van der Waals surface area (Å²) < 4.78 is 6.15. The van der Waals surface area contributed by atoms with Crippen molar-refractivity contribution >= 4 is 12.2 Å². The van der Waals surface area contributed by atoms with Crippen LogP contribution in [0.1, 0.15) is 71.6 Å². The lowest BCUT2D eigenvalue weighted by atomic mass is 9.82. The molecule has 26 heavy (non-hydrogen) atoms. The van der Waals surface area contributed by atoms with Crippen molar-refractivity contribution in [1.29, 1.82) is 0 Å². The Morgan fingerprint density at radius 2 is 2.08 bits per heavy atom. The predicted molar refractivity (Wildman–Crippen MR) is 102 cm³/mol. The van der Waals surface area contributed by atoms with E-state index in [0.29, 0.717) is 30.3 Å². The third kappa shape index (κ3) is 3.42. The monoisotopic (exact) mass is 358 g/mol. The number of rotatable bonds is 6. The Bertz CT molecular complexity index is 667. The molecule has 2 atom stereocenters. The lowest BCUT2D eigenvalue weighted by molar-refractivity contribution is -0.0801. The summed E-state index contributed by atoms with van der Waals surface area (Å²) in [7, 11) is 0. The SMILES string of the molecule is CCCN1CCO[C@@H]2c3cc(C(=O)N(CC)CC)c(C=O)cc3CC[C@H]21. The maximum Gasteiger partial charge on any atom is 0.254 e. The fourth-order valence-electron chi connectivity index (χ4n) is 4.39. The number of hydrogen-bond acceptors (Lipinski definition) is 4. The molecule has 142 valence electrons. The van der Waals surface area contributed by atoms with Gasteiger partial charge in [0, 0.05) is 31.2 Å². The zero-order valence-corrected chi connectivity index (χ0v) is 16.2. The number of carbonyl (C=O) groups excluding carboxylic acids is 2. The Morgan fingerprint density at radius 1 is 1.31 bits per heavy atom. The Labute approximate surface area is 156 Å². The summed E-state index contributed by atoms with van der Waals surface area (Å²) in [6, 6.07) is 4.22. The van der Waals surface area contributed by atoms with Gasteiger partial charge in [-0.1, -0.05) is 6.92 Å². The van der Waals surface area contributed by atoms with E-state index in [1.807, 2.05) is 26.0 Å². The van der Waals surface area contributed by atoms with Crippen molar-refractivity contribution in [2.45, 2.75) is 52.2 Å². The lowest BCUT2D eigenvalue weighted by Gasteiger charge is -2.44. The number of fused-ring (bicyclic) bond motifs is 3. The molecule has 1 aromatic rings. The van der Waals surface area contributed by atoms with Crippen molar-refractivity contribution < 1.29 is 14.3 Å². The zero-order valence-electron chi connectivity index (χ0n) is 16.2. The highest BCUT2D eigenvalue weighted by Gasteiger charge is 2.38. The molecule has 1 fully saturated rings. The molecule has 2 aliphatic rings. The van der Waals surface area contributed by atoms with E-state index in [1.54, 1.807) is 4.90 Å². The molecule has 1 amide bonds. The van der Waals surface area contributed by atoms with E-state index in [2.05, 4.69) is 11.8 Å². The molecular weight excluding hydrogens is 328 g/mol. The Hall–Kier alpha value is -1.72. The minimum absolute atomic E-state index is 0.00278. The number of morpholine rings is 1. The van der Waals surface area contributed by atoms with Crippen LogP contribution in [0.3, 0.4) is 0 Å². The molecule has 1 aliphatic heterocycles. The van der Waals surface area contributed by atoms with Crippen molar-refractivity contribution in [2.75, 3.05) is 32.8 Å². The molecule has 0 unspecified atom stereocenters. The first-order chi connectivity index (χ1) is 12.6. The fourth-order valence-corrected chi connectivity index (χ4v) is 4.39. The van der Waals surface area contributed by atoms with Gasteiger partial charge in [0.2, 0.25) is 0 Å². The first-order valence-electron chi connectivity index (χ1n) is 9.91. The van der Waals surface area contributed by atoms with Crippen molar-refractivity contribution in [3.8, 4) is 0 Å². The average Bonchev–Trinajstić information content (AvgIpc) is 2.68. The summed E-state index contributed by atoms with van der Waals surface area (Å²) in [5.74, 6) is -0.0664. The number of ether oxygens (including phenoxy) is 1. The van der Waals surface area contributed by atoms with Crippen LogP contribution in [0, 0.1) is 0 Å². The molecule has 1 aromatic carbocycles. The highest BCUT2D eigenvalue weighted by Crippen LogP contribution is 2.39. The summed E-state index contributed by atoms with van der Waals surface area (Å²) in [5, 5.41) is 0. The molecule has 1 heterocycles. The lowest BCUT2D eigenvalue weighted by Crippen LogP contribution is -2.49. The molecule has 0 radical (unpaired) electrons. The first kappa shape index (κ1) is 19.1. The molecule has 0 aromatic heterocycles. The summed E-state index contributed by atoms with van der Waals surface area (Å²) in [6.45, 7) is 10.2. The first-order valence-corrected chi connectivity index (χ1v) is 9.91. The molecule has 0 bridgehead atoms. The normalized spacial score (nSPS) is 22.4. The third-order valence-electron chi connectivity index (χ3n) is 5.74. The van der Waals surface area contributed by atoms with Gasteiger partial charge in [-0.15, -0.1) is 0 Å². The molecule has 1 aliphatic carbocycles. The standard InChI is InChI=1S/C21H30N2O3/c1-4-9-23-10-11-26-20-17-13-18(21(25)22(5-2)6-3)16(14-24)12-15(17)7-8-19(20)23/h12-14,19-20H,4-11H2,1-3H3/t19-,20-/m1/s1. The van der Waals surface area contributed by atoms with Crippen molar-refractivity contribution in [1.82, 2.24) is 9.80 Å². The summed E-state index contributed by atoms with van der Waals surface area (Å²) in [5.41, 5.74) is 3.27. The van der Waals surface area contributed by atoms with Crippen molar-refractivity contribution in [3.63, 3.8) is 0 Å². The topological polar surface area (TPSA) is 49.9 Å². The number of nitrogens with zero attached hydrogens (tertiary/aromatic N) is 2. The van der Waals surface area contributed by atoms with Gasteiger partial charge in [0.25, 0.3) is 5.91 Å². The molecule has 3 rings (SSSR count). The van der Waals surface area contributed by atoms with Crippen LogP contribution >= 0.6 is 0 Å². The van der Waals surface area contributed by atoms with Gasteiger partial charge in [-0.3, -0.25) is 14.5 Å². The largest absolute Gasteiger partial charge is 0.371 e. The van der Waals surface area contributed by atoms with Crippen LogP contribution in [-0.2, 0) is 11.2 Å². The van der Waals surface area contributed by atoms with Crippen LogP contribution < -0.4 is 0 Å². The number of benzene rings is 1. The van der Waals surface area contributed by atoms with Gasteiger partial charge in [0.15, 0.2) is 6.29 Å². The van der Waals surface area contributed by atoms with Gasteiger partial charge >= 0.3 is 0 Å². The molecular formula is C21H30N2O3. The minimum atomic E-state index is -0.0664. The summed E-state index contributed by atoms with van der Waals surface area (Å²) in [4.78, 5) is 28.8. The molecule has 1 saturated heterocycles. The van der Waals surface area contributed by atoms with Gasteiger partial charge < -0.3 is 9.64 Å². The zero-order chi connectivity index (χ0) is 18.7. The van der Waals surface area contributed by atoms with E-state index in [1.165, 1.54) is 0 Å². The Kier molecular flexibility index (Phi) is 6.09. The highest BCUT2D eigenvalue weighted by molar-refractivity contribution is 6.01. The van der Waals surface area contributed by atoms with Gasteiger partial charge in [0.05, 0.1) is 18.3 Å². The smallest absolute Gasteiger partial charge is 0.254 e. The average molecular weight is 358 g/mol. The number of amides is 1. The maximum absolute atomic E-state index is 12.9. The number of carbonyl (C=O) groups is 2. The summed E-state index contributed by atoms with van der Waals surface area (Å²) >= 11 is 0. The van der Waals surface area contributed by atoms with E-state index in [9.17, 15) is 9.59 Å². The van der Waals surface area contributed by atoms with Gasteiger partial charge in [0.1, 0.15) is 0 Å². The van der Waals surface area contributed by atoms with Crippen LogP contribution in [0.2, 0.25) is 0 Å². The fraction of sp³-hybridized carbons (Fsp3) is 0.619. The van der Waals surface area contributed by atoms with E-state index in [-0.39, 0.29) is 12.0 Å². The Balaban J connectivity index is 2.00. The van der Waals surface area contributed by atoms with E-state index in [0.717, 1.165) is 56.4 Å². The number of aldehydes is 1. The van der Waals surface area contributed by atoms with E-state index < -0.39 is 0 Å². The summed E-state index contributed by atoms with van der Waals surface area (Å²) in [6.07, 6.45) is 3.92. The van der Waals surface area contributed by atoms with Crippen LogP contribution in [0.15, 0.2) is 12.1 Å². The predicted octanol–water partition coefficient (Wildman–Crippen LogP) is 3.08. The molecule has 0 N–H and O–H groups in total. The highest BCUT2D eigenvalue weighted by atomic mass is 16.5. The number of aryl methyl sites for hydroxylation is 1. The van der Waals surface area contributed by atoms with Crippen LogP contribution in [0.5, 0.6) is 0 Å². The van der Waals surface area contributed by atoms with Crippen molar-refractivity contribution in [2.24, 2.45) is 0 Å². The Morgan fingerprint density at radius 3 is 2.73 bits per heavy atom. The number of hydrogen-bond donors (Lipinski definition) is 0. The third-order valence-corrected chi connectivity index (χ3v) is 5.74. The molecule has 5 nitrogen and oxygen atoms in total. The van der Waals surface area contributed by atoms with E-state index >= 15 is 0 Å². The molecule has 0 saturated carbocycles. The van der Waals surface area contributed by atoms with Gasteiger partial charge in [-0.2, -0.15) is 0 Å². The molecule has 5 heteroatoms. The second-order valence-corrected chi connectivity index (χ2v) is 7.17.